The molecule has 0 aliphatic rings. The molecule has 26 heavy (non-hydrogen) atoms. The normalized spacial score (nSPS) is 11.4. The van der Waals surface area contributed by atoms with Gasteiger partial charge in [0.1, 0.15) is 22.5 Å². The highest BCUT2D eigenvalue weighted by atomic mass is 32.2. The molecule has 8 heteroatoms. The maximum Gasteiger partial charge on any atom is 0.261 e. The van der Waals surface area contributed by atoms with E-state index in [2.05, 4.69) is 13.5 Å². The highest BCUT2D eigenvalue weighted by molar-refractivity contribution is 7.92. The number of anilines is 1. The second-order valence-electron chi connectivity index (χ2n) is 5.46. The van der Waals surface area contributed by atoms with Crippen LogP contribution in [0.5, 0.6) is 11.5 Å². The van der Waals surface area contributed by atoms with Gasteiger partial charge in [-0.1, -0.05) is 18.2 Å². The van der Waals surface area contributed by atoms with E-state index in [4.69, 9.17) is 4.74 Å². The number of hydrogen-bond acceptors (Lipinski definition) is 6. The molecule has 1 N–H and O–H groups in total. The van der Waals surface area contributed by atoms with Crippen LogP contribution in [0.1, 0.15) is 0 Å². The van der Waals surface area contributed by atoms with E-state index < -0.39 is 10.0 Å². The predicted molar refractivity (Wildman–Crippen MR) is 101 cm³/mol. The molecule has 0 aliphatic heterocycles. The first-order valence-corrected chi connectivity index (χ1v) is 9.90. The molecule has 0 spiro atoms. The largest absolute Gasteiger partial charge is 0.457 e. The van der Waals surface area contributed by atoms with Gasteiger partial charge in [-0.2, -0.15) is 8.75 Å². The molecule has 0 saturated carbocycles. The Morgan fingerprint density at radius 3 is 2.27 bits per heavy atom. The summed E-state index contributed by atoms with van der Waals surface area (Å²) in [6.07, 6.45) is 0. The second kappa shape index (κ2) is 6.74. The summed E-state index contributed by atoms with van der Waals surface area (Å²) >= 11 is 1.09. The number of nitrogens with one attached hydrogen (secondary N) is 1. The fourth-order valence-corrected chi connectivity index (χ4v) is 3.94. The molecule has 0 radical (unpaired) electrons. The Morgan fingerprint density at radius 1 is 0.808 bits per heavy atom. The molecule has 0 atom stereocenters. The minimum absolute atomic E-state index is 0.148. The van der Waals surface area contributed by atoms with Crippen LogP contribution in [-0.4, -0.2) is 17.2 Å². The summed E-state index contributed by atoms with van der Waals surface area (Å²) in [6.45, 7) is 0. The summed E-state index contributed by atoms with van der Waals surface area (Å²) in [4.78, 5) is 0.148. The molecule has 3 aromatic carbocycles. The van der Waals surface area contributed by atoms with Crippen molar-refractivity contribution in [1.82, 2.24) is 8.75 Å². The van der Waals surface area contributed by atoms with Crippen LogP contribution in [0.3, 0.4) is 0 Å². The molecule has 0 bridgehead atoms. The number of para-hydroxylation sites is 1. The lowest BCUT2D eigenvalue weighted by atomic mass is 10.3. The third-order valence-corrected chi connectivity index (χ3v) is 5.57. The zero-order valence-electron chi connectivity index (χ0n) is 13.4. The van der Waals surface area contributed by atoms with E-state index in [1.807, 2.05) is 30.3 Å². The second-order valence-corrected chi connectivity index (χ2v) is 7.67. The Morgan fingerprint density at radius 2 is 1.50 bits per heavy atom. The van der Waals surface area contributed by atoms with Crippen molar-refractivity contribution in [2.45, 2.75) is 4.90 Å². The van der Waals surface area contributed by atoms with Gasteiger partial charge in [-0.05, 0) is 54.6 Å². The number of sulfonamides is 1. The minimum atomic E-state index is -3.71. The Bertz CT molecular complexity index is 1140. The molecular formula is C18H13N3O3S2. The molecule has 0 amide bonds. The number of nitrogens with zero attached hydrogens (tertiary/aromatic N) is 2. The van der Waals surface area contributed by atoms with Crippen molar-refractivity contribution in [3.8, 4) is 11.5 Å². The molecule has 4 rings (SSSR count). The highest BCUT2D eigenvalue weighted by Crippen LogP contribution is 2.24. The number of rotatable bonds is 5. The van der Waals surface area contributed by atoms with E-state index in [9.17, 15) is 8.42 Å². The van der Waals surface area contributed by atoms with Gasteiger partial charge in [0, 0.05) is 0 Å². The lowest BCUT2D eigenvalue weighted by Crippen LogP contribution is -2.12. The molecule has 6 nitrogen and oxygen atoms in total. The van der Waals surface area contributed by atoms with Crippen LogP contribution in [0, 0.1) is 0 Å². The van der Waals surface area contributed by atoms with Crippen LogP contribution in [-0.2, 0) is 10.0 Å². The molecule has 4 aromatic rings. The first kappa shape index (κ1) is 16.5. The van der Waals surface area contributed by atoms with Crippen molar-refractivity contribution < 1.29 is 13.2 Å². The minimum Gasteiger partial charge on any atom is -0.457 e. The number of fused-ring (bicyclic) bond motifs is 1. The maximum absolute atomic E-state index is 12.6. The van der Waals surface area contributed by atoms with E-state index in [-0.39, 0.29) is 4.90 Å². The van der Waals surface area contributed by atoms with Crippen LogP contribution in [0.2, 0.25) is 0 Å². The molecular weight excluding hydrogens is 370 g/mol. The van der Waals surface area contributed by atoms with Crippen molar-refractivity contribution in [2.75, 3.05) is 4.72 Å². The highest BCUT2D eigenvalue weighted by Gasteiger charge is 2.15. The lowest BCUT2D eigenvalue weighted by molar-refractivity contribution is 0.482. The summed E-state index contributed by atoms with van der Waals surface area (Å²) in [7, 11) is -3.71. The van der Waals surface area contributed by atoms with Gasteiger partial charge < -0.3 is 4.74 Å². The molecule has 0 unspecified atom stereocenters. The van der Waals surface area contributed by atoms with E-state index in [1.54, 1.807) is 30.3 Å². The van der Waals surface area contributed by atoms with Gasteiger partial charge in [-0.25, -0.2) is 8.42 Å². The van der Waals surface area contributed by atoms with Crippen molar-refractivity contribution in [1.29, 1.82) is 0 Å². The molecule has 0 aliphatic carbocycles. The Kier molecular flexibility index (Phi) is 4.27. The van der Waals surface area contributed by atoms with Crippen molar-refractivity contribution in [3.05, 3.63) is 72.8 Å². The summed E-state index contributed by atoms with van der Waals surface area (Å²) in [5.41, 5.74) is 1.83. The van der Waals surface area contributed by atoms with Crippen LogP contribution in [0.25, 0.3) is 11.0 Å². The first-order chi connectivity index (χ1) is 12.6. The molecule has 1 heterocycles. The van der Waals surface area contributed by atoms with Crippen LogP contribution >= 0.6 is 11.7 Å². The summed E-state index contributed by atoms with van der Waals surface area (Å²) in [5, 5.41) is 0. The van der Waals surface area contributed by atoms with Gasteiger partial charge in [-0.3, -0.25) is 4.72 Å². The Balaban J connectivity index is 1.53. The van der Waals surface area contributed by atoms with Crippen LogP contribution in [0.4, 0.5) is 5.69 Å². The fourth-order valence-electron chi connectivity index (χ4n) is 2.37. The summed E-state index contributed by atoms with van der Waals surface area (Å²) in [5.74, 6) is 1.25. The molecule has 130 valence electrons. The van der Waals surface area contributed by atoms with Crippen LogP contribution < -0.4 is 9.46 Å². The third kappa shape index (κ3) is 3.51. The quantitative estimate of drug-likeness (QED) is 0.556. The van der Waals surface area contributed by atoms with Crippen molar-refractivity contribution in [2.24, 2.45) is 0 Å². The Hall–Kier alpha value is -2.97. The zero-order chi connectivity index (χ0) is 18.0. The smallest absolute Gasteiger partial charge is 0.261 e. The third-order valence-electron chi connectivity index (χ3n) is 3.62. The maximum atomic E-state index is 12.6. The summed E-state index contributed by atoms with van der Waals surface area (Å²) < 4.78 is 41.6. The molecule has 1 aromatic heterocycles. The number of benzene rings is 3. The Labute approximate surface area is 154 Å². The number of aromatic nitrogens is 2. The van der Waals surface area contributed by atoms with E-state index in [0.717, 1.165) is 17.2 Å². The molecule has 0 saturated heterocycles. The standard InChI is InChI=1S/C18H13N3O3S2/c22-26(23,21-13-6-11-17-18(12-13)20-25-19-17)16-9-7-15(8-10-16)24-14-4-2-1-3-5-14/h1-12,21H. The van der Waals surface area contributed by atoms with E-state index in [1.165, 1.54) is 12.1 Å². The topological polar surface area (TPSA) is 81.2 Å². The van der Waals surface area contributed by atoms with Gasteiger partial charge in [0.2, 0.25) is 0 Å². The van der Waals surface area contributed by atoms with Crippen molar-refractivity contribution >= 4 is 38.5 Å². The van der Waals surface area contributed by atoms with E-state index >= 15 is 0 Å². The number of hydrogen-bond donors (Lipinski definition) is 1. The SMILES string of the molecule is O=S(=O)(Nc1ccc2nsnc2c1)c1ccc(Oc2ccccc2)cc1. The van der Waals surface area contributed by atoms with Gasteiger partial charge in [0.15, 0.2) is 0 Å². The average Bonchev–Trinajstić information content (AvgIpc) is 3.10. The fraction of sp³-hybridized carbons (Fsp3) is 0. The first-order valence-electron chi connectivity index (χ1n) is 7.68. The predicted octanol–water partition coefficient (Wildman–Crippen LogP) is 4.28. The van der Waals surface area contributed by atoms with Gasteiger partial charge in [-0.15, -0.1) is 0 Å². The molecule has 0 fully saturated rings. The lowest BCUT2D eigenvalue weighted by Gasteiger charge is -2.09. The van der Waals surface area contributed by atoms with Gasteiger partial charge in [0.05, 0.1) is 22.3 Å². The van der Waals surface area contributed by atoms with Gasteiger partial charge in [0.25, 0.3) is 10.0 Å². The number of ether oxygens (including phenoxy) is 1. The summed E-state index contributed by atoms with van der Waals surface area (Å²) in [6, 6.07) is 20.6. The average molecular weight is 383 g/mol. The van der Waals surface area contributed by atoms with E-state index in [0.29, 0.717) is 22.7 Å². The zero-order valence-corrected chi connectivity index (χ0v) is 15.0. The van der Waals surface area contributed by atoms with Crippen molar-refractivity contribution in [3.63, 3.8) is 0 Å². The monoisotopic (exact) mass is 383 g/mol. The van der Waals surface area contributed by atoms with Gasteiger partial charge >= 0.3 is 0 Å². The van der Waals surface area contributed by atoms with Crippen LogP contribution in [0.15, 0.2) is 77.7 Å².